The maximum absolute atomic E-state index is 12.5. The second-order valence-electron chi connectivity index (χ2n) is 5.12. The summed E-state index contributed by atoms with van der Waals surface area (Å²) in [5, 5.41) is 2.97. The zero-order valence-corrected chi connectivity index (χ0v) is 14.7. The molecule has 0 aliphatic rings. The number of carbonyl (C=O) groups is 2. The van der Waals surface area contributed by atoms with Gasteiger partial charge in [0, 0.05) is 12.4 Å². The molecule has 2 heterocycles. The number of carbonyl (C=O) groups excluding carboxylic acids is 2. The van der Waals surface area contributed by atoms with Crippen LogP contribution in [0.15, 0.2) is 55.0 Å². The maximum atomic E-state index is 12.5. The molecule has 0 unspecified atom stereocenters. The molecule has 3 rings (SSSR count). The lowest BCUT2D eigenvalue weighted by Crippen LogP contribution is -2.13. The summed E-state index contributed by atoms with van der Waals surface area (Å²) in [6, 6.07) is 10.6. The van der Waals surface area contributed by atoms with Gasteiger partial charge in [0.1, 0.15) is 17.2 Å². The number of benzene rings is 1. The van der Waals surface area contributed by atoms with Gasteiger partial charge in [-0.1, -0.05) is 23.5 Å². The van der Waals surface area contributed by atoms with Gasteiger partial charge in [-0.3, -0.25) is 15.1 Å². The highest BCUT2D eigenvalue weighted by Gasteiger charge is 2.16. The van der Waals surface area contributed by atoms with Crippen molar-refractivity contribution >= 4 is 28.3 Å². The van der Waals surface area contributed by atoms with E-state index in [1.54, 1.807) is 36.7 Å². The minimum atomic E-state index is -0.496. The highest BCUT2D eigenvalue weighted by molar-refractivity contribution is 7.17. The molecule has 0 fully saturated rings. The van der Waals surface area contributed by atoms with Gasteiger partial charge in [-0.2, -0.15) is 0 Å². The number of para-hydroxylation sites is 1. The third-order valence-electron chi connectivity index (χ3n) is 3.39. The van der Waals surface area contributed by atoms with Crippen LogP contribution < -0.4 is 10.1 Å². The third kappa shape index (κ3) is 4.22. The molecule has 0 spiro atoms. The quantitative estimate of drug-likeness (QED) is 0.671. The predicted octanol–water partition coefficient (Wildman–Crippen LogP) is 3.16. The first kappa shape index (κ1) is 17.6. The van der Waals surface area contributed by atoms with Crippen molar-refractivity contribution in [2.24, 2.45) is 0 Å². The van der Waals surface area contributed by atoms with Crippen LogP contribution in [0.2, 0.25) is 0 Å². The van der Waals surface area contributed by atoms with Gasteiger partial charge in [-0.25, -0.2) is 9.78 Å². The lowest BCUT2D eigenvalue weighted by molar-refractivity contribution is 0.0606. The van der Waals surface area contributed by atoms with E-state index in [1.807, 2.05) is 12.1 Å². The van der Waals surface area contributed by atoms with Crippen molar-refractivity contribution in [2.75, 3.05) is 12.4 Å². The molecule has 8 heteroatoms. The molecular weight excluding hydrogens is 354 g/mol. The van der Waals surface area contributed by atoms with Crippen LogP contribution in [-0.4, -0.2) is 29.0 Å². The summed E-state index contributed by atoms with van der Waals surface area (Å²) in [6.45, 7) is 0.316. The first-order valence-corrected chi connectivity index (χ1v) is 8.45. The molecule has 0 aliphatic heterocycles. The molecule has 1 aromatic carbocycles. The van der Waals surface area contributed by atoms with Crippen molar-refractivity contribution in [1.82, 2.24) is 9.97 Å². The number of hydrogen-bond acceptors (Lipinski definition) is 7. The lowest BCUT2D eigenvalue weighted by atomic mass is 10.2. The number of aromatic nitrogens is 2. The molecule has 0 saturated heterocycles. The molecule has 0 radical (unpaired) electrons. The Balaban J connectivity index is 1.71. The number of amides is 1. The number of hydrogen-bond donors (Lipinski definition) is 1. The average Bonchev–Trinajstić information content (AvgIpc) is 3.15. The number of nitrogens with zero attached hydrogens (tertiary/aromatic N) is 2. The topological polar surface area (TPSA) is 90.4 Å². The number of nitrogens with one attached hydrogen (secondary N) is 1. The van der Waals surface area contributed by atoms with Crippen LogP contribution in [0.5, 0.6) is 5.75 Å². The Kier molecular flexibility index (Phi) is 5.55. The summed E-state index contributed by atoms with van der Waals surface area (Å²) >= 11 is 1.04. The molecular formula is C18H15N3O4S. The summed E-state index contributed by atoms with van der Waals surface area (Å²) in [4.78, 5) is 32.3. The Morgan fingerprint density at radius 2 is 1.92 bits per heavy atom. The van der Waals surface area contributed by atoms with E-state index < -0.39 is 5.97 Å². The highest BCUT2D eigenvalue weighted by Crippen LogP contribution is 2.23. The van der Waals surface area contributed by atoms with Crippen LogP contribution in [0.25, 0.3) is 0 Å². The van der Waals surface area contributed by atoms with Crippen LogP contribution in [0, 0.1) is 0 Å². The van der Waals surface area contributed by atoms with Gasteiger partial charge in [0.05, 0.1) is 18.9 Å². The van der Waals surface area contributed by atoms with Gasteiger partial charge in [0.15, 0.2) is 5.13 Å². The lowest BCUT2D eigenvalue weighted by Gasteiger charge is -2.10. The second-order valence-corrected chi connectivity index (χ2v) is 6.15. The molecule has 26 heavy (non-hydrogen) atoms. The zero-order chi connectivity index (χ0) is 18.4. The number of methoxy groups -OCH3 is 1. The normalized spacial score (nSPS) is 10.2. The zero-order valence-electron chi connectivity index (χ0n) is 13.8. The summed E-state index contributed by atoms with van der Waals surface area (Å²) in [5.41, 5.74) is 1.31. The predicted molar refractivity (Wildman–Crippen MR) is 96.4 cm³/mol. The van der Waals surface area contributed by atoms with Gasteiger partial charge < -0.3 is 9.47 Å². The monoisotopic (exact) mass is 369 g/mol. The Bertz CT molecular complexity index is 912. The number of anilines is 1. The largest absolute Gasteiger partial charge is 0.488 e. The molecule has 0 atom stereocenters. The molecule has 2 aromatic heterocycles. The minimum absolute atomic E-state index is 0.305. The Morgan fingerprint density at radius 1 is 1.15 bits per heavy atom. The van der Waals surface area contributed by atoms with E-state index in [2.05, 4.69) is 20.0 Å². The molecule has 1 amide bonds. The molecule has 0 aliphatic carbocycles. The van der Waals surface area contributed by atoms with Crippen molar-refractivity contribution in [2.45, 2.75) is 6.61 Å². The standard InChI is InChI=1S/C18H15N3O4S/c1-24-17(23)15-10-20-18(26-15)21-16(22)13-4-2-3-5-14(13)25-11-12-6-8-19-9-7-12/h2-10H,11H2,1H3,(H,20,21,22). The second kappa shape index (κ2) is 8.21. The molecule has 1 N–H and O–H groups in total. The fraction of sp³-hybridized carbons (Fsp3) is 0.111. The van der Waals surface area contributed by atoms with E-state index in [9.17, 15) is 9.59 Å². The number of rotatable bonds is 6. The van der Waals surface area contributed by atoms with Crippen molar-refractivity contribution in [1.29, 1.82) is 0 Å². The summed E-state index contributed by atoms with van der Waals surface area (Å²) < 4.78 is 10.4. The van der Waals surface area contributed by atoms with Crippen LogP contribution >= 0.6 is 11.3 Å². The molecule has 7 nitrogen and oxygen atoms in total. The fourth-order valence-corrected chi connectivity index (χ4v) is 2.84. The minimum Gasteiger partial charge on any atom is -0.488 e. The summed E-state index contributed by atoms with van der Waals surface area (Å²) in [5.74, 6) is -0.420. The van der Waals surface area contributed by atoms with E-state index in [0.717, 1.165) is 16.9 Å². The Morgan fingerprint density at radius 3 is 2.69 bits per heavy atom. The van der Waals surface area contributed by atoms with Crippen LogP contribution in [-0.2, 0) is 11.3 Å². The van der Waals surface area contributed by atoms with E-state index in [-0.39, 0.29) is 5.91 Å². The maximum Gasteiger partial charge on any atom is 0.349 e. The first-order valence-electron chi connectivity index (χ1n) is 7.63. The van der Waals surface area contributed by atoms with Crippen LogP contribution in [0.1, 0.15) is 25.6 Å². The number of ether oxygens (including phenoxy) is 2. The fourth-order valence-electron chi connectivity index (χ4n) is 2.11. The van der Waals surface area contributed by atoms with Crippen LogP contribution in [0.3, 0.4) is 0 Å². The smallest absolute Gasteiger partial charge is 0.349 e. The van der Waals surface area contributed by atoms with E-state index in [4.69, 9.17) is 4.74 Å². The van der Waals surface area contributed by atoms with Crippen molar-refractivity contribution in [3.05, 3.63) is 71.0 Å². The van der Waals surface area contributed by atoms with Gasteiger partial charge in [0.2, 0.25) is 0 Å². The van der Waals surface area contributed by atoms with E-state index in [1.165, 1.54) is 13.3 Å². The SMILES string of the molecule is COC(=O)c1cnc(NC(=O)c2ccccc2OCc2ccncc2)s1. The van der Waals surface area contributed by atoms with Gasteiger partial charge in [0.25, 0.3) is 5.91 Å². The third-order valence-corrected chi connectivity index (χ3v) is 4.28. The van der Waals surface area contributed by atoms with Crippen molar-refractivity contribution in [3.8, 4) is 5.75 Å². The number of esters is 1. The van der Waals surface area contributed by atoms with Crippen molar-refractivity contribution < 1.29 is 19.1 Å². The number of pyridine rings is 1. The van der Waals surface area contributed by atoms with Gasteiger partial charge >= 0.3 is 5.97 Å². The summed E-state index contributed by atoms with van der Waals surface area (Å²) in [7, 11) is 1.29. The summed E-state index contributed by atoms with van der Waals surface area (Å²) in [6.07, 6.45) is 4.72. The Hall–Kier alpha value is -3.26. The number of thiazole rings is 1. The molecule has 3 aromatic rings. The Labute approximate surface area is 153 Å². The molecule has 0 bridgehead atoms. The molecule has 0 saturated carbocycles. The first-order chi connectivity index (χ1) is 12.7. The average molecular weight is 369 g/mol. The van der Waals surface area contributed by atoms with Crippen LogP contribution in [0.4, 0.5) is 5.13 Å². The highest BCUT2D eigenvalue weighted by atomic mass is 32.1. The van der Waals surface area contributed by atoms with Gasteiger partial charge in [-0.15, -0.1) is 0 Å². The van der Waals surface area contributed by atoms with E-state index >= 15 is 0 Å². The van der Waals surface area contributed by atoms with Gasteiger partial charge in [-0.05, 0) is 29.8 Å². The molecule has 132 valence electrons. The van der Waals surface area contributed by atoms with Crippen molar-refractivity contribution in [3.63, 3.8) is 0 Å². The van der Waals surface area contributed by atoms with E-state index in [0.29, 0.717) is 27.9 Å².